The summed E-state index contributed by atoms with van der Waals surface area (Å²) in [5, 5.41) is 0. The lowest BCUT2D eigenvalue weighted by Crippen LogP contribution is -2.34. The molecule has 0 saturated carbocycles. The number of nitrogens with two attached hydrogens (primary N) is 1. The van der Waals surface area contributed by atoms with Gasteiger partial charge in [0, 0.05) is 18.9 Å². The molecule has 1 saturated heterocycles. The van der Waals surface area contributed by atoms with Crippen LogP contribution in [0.5, 0.6) is 0 Å². The van der Waals surface area contributed by atoms with Crippen molar-refractivity contribution in [2.45, 2.75) is 12.5 Å². The van der Waals surface area contributed by atoms with Crippen LogP contribution in [0.1, 0.15) is 6.42 Å². The fourth-order valence-corrected chi connectivity index (χ4v) is 1.36. The Morgan fingerprint density at radius 1 is 1.54 bits per heavy atom. The fourth-order valence-electron chi connectivity index (χ4n) is 1.36. The Bertz CT molecular complexity index is 313. The van der Waals surface area contributed by atoms with Gasteiger partial charge in [0.1, 0.15) is 0 Å². The van der Waals surface area contributed by atoms with Gasteiger partial charge >= 0.3 is 0 Å². The molecule has 68 valence electrons. The molecule has 0 unspecified atom stereocenters. The minimum Gasteiger partial charge on any atom is -0.320 e. The largest absolute Gasteiger partial charge is 0.320 e. The predicted octanol–water partition coefficient (Wildman–Crippen LogP) is -0.459. The number of anilines is 1. The van der Waals surface area contributed by atoms with Crippen molar-refractivity contribution in [3.05, 3.63) is 18.6 Å². The molecule has 0 spiro atoms. The van der Waals surface area contributed by atoms with Crippen LogP contribution in [0.25, 0.3) is 0 Å². The number of rotatable bonds is 1. The second-order valence-corrected chi connectivity index (χ2v) is 2.95. The maximum absolute atomic E-state index is 11.4. The van der Waals surface area contributed by atoms with E-state index in [1.165, 1.54) is 0 Å². The zero-order valence-electron chi connectivity index (χ0n) is 7.05. The van der Waals surface area contributed by atoms with Gasteiger partial charge in [-0.2, -0.15) is 0 Å². The molecule has 2 heterocycles. The van der Waals surface area contributed by atoms with Crippen LogP contribution in [0.4, 0.5) is 5.82 Å². The first kappa shape index (κ1) is 8.12. The summed E-state index contributed by atoms with van der Waals surface area (Å²) in [7, 11) is 0. The summed E-state index contributed by atoms with van der Waals surface area (Å²) in [5.74, 6) is 0.515. The topological polar surface area (TPSA) is 72.1 Å². The van der Waals surface area contributed by atoms with Gasteiger partial charge in [0.25, 0.3) is 0 Å². The van der Waals surface area contributed by atoms with Gasteiger partial charge in [-0.05, 0) is 6.42 Å². The molecular formula is C8H10N4O. The monoisotopic (exact) mass is 178 g/mol. The number of hydrogen-bond donors (Lipinski definition) is 1. The highest BCUT2D eigenvalue weighted by molar-refractivity contribution is 5.98. The van der Waals surface area contributed by atoms with Gasteiger partial charge in [0.05, 0.1) is 12.2 Å². The molecule has 1 fully saturated rings. The van der Waals surface area contributed by atoms with Crippen LogP contribution in [-0.2, 0) is 4.79 Å². The summed E-state index contributed by atoms with van der Waals surface area (Å²) >= 11 is 0. The van der Waals surface area contributed by atoms with Crippen molar-refractivity contribution >= 4 is 11.7 Å². The van der Waals surface area contributed by atoms with Crippen LogP contribution >= 0.6 is 0 Å². The fraction of sp³-hybridized carbons (Fsp3) is 0.375. The van der Waals surface area contributed by atoms with E-state index in [2.05, 4.69) is 9.97 Å². The highest BCUT2D eigenvalue weighted by Crippen LogP contribution is 2.16. The third-order valence-corrected chi connectivity index (χ3v) is 2.07. The van der Waals surface area contributed by atoms with E-state index < -0.39 is 0 Å². The second kappa shape index (κ2) is 3.10. The quantitative estimate of drug-likeness (QED) is 0.631. The molecule has 5 heteroatoms. The second-order valence-electron chi connectivity index (χ2n) is 2.95. The molecule has 1 aliphatic rings. The lowest BCUT2D eigenvalue weighted by atomic mass is 10.3. The third kappa shape index (κ3) is 1.38. The minimum absolute atomic E-state index is 0.0690. The molecule has 1 aliphatic heterocycles. The average molecular weight is 178 g/mol. The summed E-state index contributed by atoms with van der Waals surface area (Å²) in [6.07, 6.45) is 5.39. The number of nitrogens with zero attached hydrogens (tertiary/aromatic N) is 3. The molecule has 5 nitrogen and oxygen atoms in total. The summed E-state index contributed by atoms with van der Waals surface area (Å²) in [6.45, 7) is 0.638. The number of carbonyl (C=O) groups is 1. The van der Waals surface area contributed by atoms with E-state index in [1.54, 1.807) is 23.5 Å². The Labute approximate surface area is 75.6 Å². The van der Waals surface area contributed by atoms with Crippen molar-refractivity contribution in [2.75, 3.05) is 11.4 Å². The van der Waals surface area contributed by atoms with Gasteiger partial charge in [-0.25, -0.2) is 4.98 Å². The lowest BCUT2D eigenvalue weighted by Gasteiger charge is -2.13. The van der Waals surface area contributed by atoms with Crippen LogP contribution in [0.3, 0.4) is 0 Å². The van der Waals surface area contributed by atoms with E-state index in [0.29, 0.717) is 18.8 Å². The van der Waals surface area contributed by atoms with Gasteiger partial charge in [-0.1, -0.05) is 0 Å². The third-order valence-electron chi connectivity index (χ3n) is 2.07. The van der Waals surface area contributed by atoms with Crippen LogP contribution in [-0.4, -0.2) is 28.5 Å². The molecule has 1 aromatic rings. The lowest BCUT2D eigenvalue weighted by molar-refractivity contribution is -0.118. The van der Waals surface area contributed by atoms with Crippen molar-refractivity contribution in [2.24, 2.45) is 5.73 Å². The normalized spacial score (nSPS) is 22.4. The number of aromatic nitrogens is 2. The van der Waals surface area contributed by atoms with Crippen LogP contribution in [0.15, 0.2) is 18.6 Å². The first-order valence-electron chi connectivity index (χ1n) is 4.12. The Kier molecular flexibility index (Phi) is 1.94. The average Bonchev–Trinajstić information content (AvgIpc) is 2.49. The van der Waals surface area contributed by atoms with Crippen molar-refractivity contribution in [1.82, 2.24) is 9.97 Å². The van der Waals surface area contributed by atoms with Crippen molar-refractivity contribution < 1.29 is 4.79 Å². The molecule has 0 aromatic carbocycles. The molecular weight excluding hydrogens is 168 g/mol. The Hall–Kier alpha value is -1.49. The van der Waals surface area contributed by atoms with E-state index >= 15 is 0 Å². The maximum atomic E-state index is 11.4. The molecule has 2 rings (SSSR count). The molecule has 0 radical (unpaired) electrons. The maximum Gasteiger partial charge on any atom is 0.245 e. The first-order valence-corrected chi connectivity index (χ1v) is 4.12. The van der Waals surface area contributed by atoms with Crippen LogP contribution in [0, 0.1) is 0 Å². The summed E-state index contributed by atoms with van der Waals surface area (Å²) in [5.41, 5.74) is 5.57. The Morgan fingerprint density at radius 2 is 2.38 bits per heavy atom. The predicted molar refractivity (Wildman–Crippen MR) is 47.0 cm³/mol. The summed E-state index contributed by atoms with van der Waals surface area (Å²) in [6, 6.07) is -0.373. The molecule has 1 atom stereocenters. The molecule has 2 N–H and O–H groups in total. The SMILES string of the molecule is N[C@H]1CCN(c2cnccn2)C1=O. The summed E-state index contributed by atoms with van der Waals surface area (Å²) in [4.78, 5) is 20.9. The first-order chi connectivity index (χ1) is 6.29. The van der Waals surface area contributed by atoms with E-state index in [-0.39, 0.29) is 11.9 Å². The van der Waals surface area contributed by atoms with Crippen molar-refractivity contribution in [3.63, 3.8) is 0 Å². The van der Waals surface area contributed by atoms with E-state index in [1.807, 2.05) is 0 Å². The zero-order valence-corrected chi connectivity index (χ0v) is 7.05. The van der Waals surface area contributed by atoms with Gasteiger partial charge in [-0.15, -0.1) is 0 Å². The number of amides is 1. The van der Waals surface area contributed by atoms with Crippen molar-refractivity contribution in [3.8, 4) is 0 Å². The van der Waals surface area contributed by atoms with Gasteiger partial charge in [0.2, 0.25) is 5.91 Å². The van der Waals surface area contributed by atoms with Gasteiger partial charge in [-0.3, -0.25) is 14.7 Å². The molecule has 0 bridgehead atoms. The minimum atomic E-state index is -0.373. The Morgan fingerprint density at radius 3 is 2.92 bits per heavy atom. The smallest absolute Gasteiger partial charge is 0.245 e. The zero-order chi connectivity index (χ0) is 9.26. The van der Waals surface area contributed by atoms with Crippen molar-refractivity contribution in [1.29, 1.82) is 0 Å². The summed E-state index contributed by atoms with van der Waals surface area (Å²) < 4.78 is 0. The van der Waals surface area contributed by atoms with E-state index in [9.17, 15) is 4.79 Å². The van der Waals surface area contributed by atoms with Gasteiger partial charge < -0.3 is 5.73 Å². The van der Waals surface area contributed by atoms with E-state index in [4.69, 9.17) is 5.73 Å². The Balaban J connectivity index is 2.24. The molecule has 1 aromatic heterocycles. The van der Waals surface area contributed by atoms with E-state index in [0.717, 1.165) is 0 Å². The molecule has 1 amide bonds. The number of hydrogen-bond acceptors (Lipinski definition) is 4. The van der Waals surface area contributed by atoms with Crippen LogP contribution < -0.4 is 10.6 Å². The highest BCUT2D eigenvalue weighted by atomic mass is 16.2. The number of carbonyl (C=O) groups excluding carboxylic acids is 1. The van der Waals surface area contributed by atoms with Crippen LogP contribution in [0.2, 0.25) is 0 Å². The van der Waals surface area contributed by atoms with Gasteiger partial charge in [0.15, 0.2) is 5.82 Å². The highest BCUT2D eigenvalue weighted by Gasteiger charge is 2.30. The molecule has 13 heavy (non-hydrogen) atoms. The molecule has 0 aliphatic carbocycles. The standard InChI is InChI=1S/C8H10N4O/c9-6-1-4-12(8(6)13)7-5-10-2-3-11-7/h2-3,5-6H,1,4,9H2/t6-/m0/s1.